The number of ether oxygens (including phenoxy) is 2. The lowest BCUT2D eigenvalue weighted by atomic mass is 10.1. The van der Waals surface area contributed by atoms with Crippen molar-refractivity contribution >= 4 is 28.4 Å². The Kier molecular flexibility index (Phi) is 8.11. The van der Waals surface area contributed by atoms with Crippen molar-refractivity contribution < 1.29 is 23.5 Å². The van der Waals surface area contributed by atoms with E-state index in [0.29, 0.717) is 40.6 Å². The summed E-state index contributed by atoms with van der Waals surface area (Å²) in [7, 11) is 1.56. The maximum atomic E-state index is 14.2. The molecule has 0 saturated carbocycles. The summed E-state index contributed by atoms with van der Waals surface area (Å²) < 4.78 is 26.9. The highest BCUT2D eigenvalue weighted by molar-refractivity contribution is 6.04. The summed E-state index contributed by atoms with van der Waals surface area (Å²) in [5.41, 5.74) is 1.54. The Balaban J connectivity index is 1.22. The normalized spacial score (nSPS) is 14.8. The minimum Gasteiger partial charge on any atom is -0.493 e. The SMILES string of the molecule is COc1cc(C(C)=O)ccc1OCCC(C)N1CCN(c2nn(C(=O)c3ccccc3)c3cc(F)ccc23)CC1. The summed E-state index contributed by atoms with van der Waals surface area (Å²) >= 11 is 0. The van der Waals surface area contributed by atoms with Crippen LogP contribution in [0.3, 0.4) is 0 Å². The van der Waals surface area contributed by atoms with Crippen molar-refractivity contribution in [3.63, 3.8) is 0 Å². The number of rotatable bonds is 9. The van der Waals surface area contributed by atoms with E-state index in [0.717, 1.165) is 38.0 Å². The summed E-state index contributed by atoms with van der Waals surface area (Å²) in [6.45, 7) is 7.32. The van der Waals surface area contributed by atoms with Crippen LogP contribution in [0.25, 0.3) is 10.9 Å². The molecule has 2 heterocycles. The summed E-state index contributed by atoms with van der Waals surface area (Å²) in [4.78, 5) is 29.4. The fourth-order valence-electron chi connectivity index (χ4n) is 5.07. The second kappa shape index (κ2) is 11.9. The number of Topliss-reactive ketones (excluding diaryl/α,β-unsaturated/α-hetero) is 1. The topological polar surface area (TPSA) is 76.9 Å². The fraction of sp³-hybridized carbons (Fsp3) is 0.323. The van der Waals surface area contributed by atoms with E-state index >= 15 is 0 Å². The first-order valence-corrected chi connectivity index (χ1v) is 13.4. The van der Waals surface area contributed by atoms with Crippen LogP contribution in [0.15, 0.2) is 66.7 Å². The molecule has 0 aliphatic carbocycles. The lowest BCUT2D eigenvalue weighted by Gasteiger charge is -2.38. The van der Waals surface area contributed by atoms with E-state index < -0.39 is 5.82 Å². The first kappa shape index (κ1) is 27.3. The monoisotopic (exact) mass is 544 g/mol. The molecule has 5 rings (SSSR count). The van der Waals surface area contributed by atoms with Crippen LogP contribution >= 0.6 is 0 Å². The Labute approximate surface area is 232 Å². The molecular formula is C31H33FN4O4. The van der Waals surface area contributed by atoms with Crippen LogP contribution in [0.2, 0.25) is 0 Å². The van der Waals surface area contributed by atoms with E-state index in [1.54, 1.807) is 55.6 Å². The van der Waals surface area contributed by atoms with Gasteiger partial charge in [-0.1, -0.05) is 18.2 Å². The largest absolute Gasteiger partial charge is 0.493 e. The Hall–Kier alpha value is -4.24. The van der Waals surface area contributed by atoms with Gasteiger partial charge in [-0.05, 0) is 62.7 Å². The Morgan fingerprint density at radius 3 is 2.40 bits per heavy atom. The minimum atomic E-state index is -0.408. The first-order valence-electron chi connectivity index (χ1n) is 13.4. The average Bonchev–Trinajstić information content (AvgIpc) is 3.35. The van der Waals surface area contributed by atoms with Crippen molar-refractivity contribution in [2.75, 3.05) is 44.8 Å². The zero-order valence-corrected chi connectivity index (χ0v) is 23.0. The molecule has 1 atom stereocenters. The van der Waals surface area contributed by atoms with Gasteiger partial charge in [-0.15, -0.1) is 5.10 Å². The number of benzene rings is 3. The molecule has 1 fully saturated rings. The predicted octanol–water partition coefficient (Wildman–Crippen LogP) is 5.05. The van der Waals surface area contributed by atoms with E-state index in [1.807, 2.05) is 6.07 Å². The number of hydrogen-bond acceptors (Lipinski definition) is 7. The number of nitrogens with zero attached hydrogens (tertiary/aromatic N) is 4. The first-order chi connectivity index (χ1) is 19.4. The fourth-order valence-corrected chi connectivity index (χ4v) is 5.07. The summed E-state index contributed by atoms with van der Waals surface area (Å²) in [5.74, 6) is 1.14. The third-order valence-electron chi connectivity index (χ3n) is 7.44. The van der Waals surface area contributed by atoms with Crippen molar-refractivity contribution in [1.82, 2.24) is 14.7 Å². The molecule has 1 aliphatic rings. The smallest absolute Gasteiger partial charge is 0.278 e. The molecule has 0 amide bonds. The molecule has 0 radical (unpaired) electrons. The molecule has 0 bridgehead atoms. The van der Waals surface area contributed by atoms with E-state index in [1.165, 1.54) is 23.7 Å². The van der Waals surface area contributed by atoms with Crippen molar-refractivity contribution in [2.24, 2.45) is 0 Å². The number of hydrogen-bond donors (Lipinski definition) is 0. The number of fused-ring (bicyclic) bond motifs is 1. The molecule has 0 N–H and O–H groups in total. The molecular weight excluding hydrogens is 511 g/mol. The highest BCUT2D eigenvalue weighted by Crippen LogP contribution is 2.30. The number of anilines is 1. The molecule has 8 nitrogen and oxygen atoms in total. The number of ketones is 1. The number of methoxy groups -OCH3 is 1. The van der Waals surface area contributed by atoms with E-state index in [2.05, 4.69) is 21.8 Å². The summed E-state index contributed by atoms with van der Waals surface area (Å²) in [6.07, 6.45) is 0.819. The van der Waals surface area contributed by atoms with Crippen LogP contribution in [-0.4, -0.2) is 72.3 Å². The van der Waals surface area contributed by atoms with Crippen LogP contribution in [0.1, 0.15) is 41.0 Å². The van der Waals surface area contributed by atoms with E-state index in [4.69, 9.17) is 9.47 Å². The van der Waals surface area contributed by atoms with Gasteiger partial charge < -0.3 is 14.4 Å². The number of piperazine rings is 1. The van der Waals surface area contributed by atoms with Crippen molar-refractivity contribution in [3.8, 4) is 11.5 Å². The van der Waals surface area contributed by atoms with Gasteiger partial charge in [0.2, 0.25) is 0 Å². The van der Waals surface area contributed by atoms with Gasteiger partial charge in [-0.2, -0.15) is 4.68 Å². The molecule has 208 valence electrons. The molecule has 4 aromatic rings. The lowest BCUT2D eigenvalue weighted by Crippen LogP contribution is -2.50. The van der Waals surface area contributed by atoms with Crippen LogP contribution in [0.4, 0.5) is 10.2 Å². The second-order valence-corrected chi connectivity index (χ2v) is 10.00. The number of carbonyl (C=O) groups excluding carboxylic acids is 2. The Morgan fingerprint density at radius 2 is 1.70 bits per heavy atom. The van der Waals surface area contributed by atoms with Gasteiger partial charge in [0, 0.05) is 54.8 Å². The third kappa shape index (κ3) is 5.70. The van der Waals surface area contributed by atoms with E-state index in [-0.39, 0.29) is 17.7 Å². The second-order valence-electron chi connectivity index (χ2n) is 10.00. The molecule has 1 aromatic heterocycles. The zero-order chi connectivity index (χ0) is 28.2. The van der Waals surface area contributed by atoms with Crippen molar-refractivity contribution in [1.29, 1.82) is 0 Å². The van der Waals surface area contributed by atoms with Gasteiger partial charge in [0.1, 0.15) is 5.82 Å². The highest BCUT2D eigenvalue weighted by Gasteiger charge is 2.26. The van der Waals surface area contributed by atoms with Gasteiger partial charge in [0.05, 0.1) is 19.2 Å². The third-order valence-corrected chi connectivity index (χ3v) is 7.44. The molecule has 1 unspecified atom stereocenters. The number of aromatic nitrogens is 2. The van der Waals surface area contributed by atoms with Crippen LogP contribution in [0, 0.1) is 5.82 Å². The van der Waals surface area contributed by atoms with Gasteiger partial charge in [0.25, 0.3) is 5.91 Å². The van der Waals surface area contributed by atoms with Crippen LogP contribution in [-0.2, 0) is 0 Å². The average molecular weight is 545 g/mol. The maximum absolute atomic E-state index is 14.2. The molecule has 9 heteroatoms. The maximum Gasteiger partial charge on any atom is 0.278 e. The molecule has 0 spiro atoms. The number of halogens is 1. The highest BCUT2D eigenvalue weighted by atomic mass is 19.1. The molecule has 1 aliphatic heterocycles. The number of carbonyl (C=O) groups is 2. The van der Waals surface area contributed by atoms with Crippen LogP contribution < -0.4 is 14.4 Å². The van der Waals surface area contributed by atoms with Gasteiger partial charge >= 0.3 is 0 Å². The van der Waals surface area contributed by atoms with Crippen LogP contribution in [0.5, 0.6) is 11.5 Å². The Morgan fingerprint density at radius 1 is 0.950 bits per heavy atom. The molecule has 3 aromatic carbocycles. The molecule has 40 heavy (non-hydrogen) atoms. The van der Waals surface area contributed by atoms with Gasteiger partial charge in [-0.25, -0.2) is 4.39 Å². The van der Waals surface area contributed by atoms with Crippen molar-refractivity contribution in [3.05, 3.63) is 83.7 Å². The standard InChI is InChI=1S/C31H33FN4O4/c1-21(13-18-40-28-12-9-24(22(2)37)19-29(28)39-3)34-14-16-35(17-15-34)30-26-11-10-25(32)20-27(26)36(33-30)31(38)23-7-5-4-6-8-23/h4-12,19-21H,13-18H2,1-3H3. The zero-order valence-electron chi connectivity index (χ0n) is 23.0. The van der Waals surface area contributed by atoms with Gasteiger partial charge in [-0.3, -0.25) is 14.5 Å². The lowest BCUT2D eigenvalue weighted by molar-refractivity contribution is 0.0949. The molecule has 1 saturated heterocycles. The van der Waals surface area contributed by atoms with Gasteiger partial charge in [0.15, 0.2) is 23.1 Å². The minimum absolute atomic E-state index is 0.0210. The van der Waals surface area contributed by atoms with E-state index in [9.17, 15) is 14.0 Å². The Bertz CT molecular complexity index is 1510. The van der Waals surface area contributed by atoms with Crippen molar-refractivity contribution in [2.45, 2.75) is 26.3 Å². The predicted molar refractivity (Wildman–Crippen MR) is 152 cm³/mol. The summed E-state index contributed by atoms with van der Waals surface area (Å²) in [6, 6.07) is 18.9. The quantitative estimate of drug-likeness (QED) is 0.273. The summed E-state index contributed by atoms with van der Waals surface area (Å²) in [5, 5.41) is 5.43.